The fourth-order valence-corrected chi connectivity index (χ4v) is 2.74. The number of carbonyl (C=O) groups is 1. The van der Waals surface area contributed by atoms with Crippen LogP contribution in [0.1, 0.15) is 36.7 Å². The van der Waals surface area contributed by atoms with E-state index >= 15 is 0 Å². The second-order valence-electron chi connectivity index (χ2n) is 5.77. The van der Waals surface area contributed by atoms with E-state index in [9.17, 15) is 4.79 Å². The van der Waals surface area contributed by atoms with Gasteiger partial charge in [-0.3, -0.25) is 9.69 Å². The Morgan fingerprint density at radius 2 is 1.88 bits per heavy atom. The van der Waals surface area contributed by atoms with Crippen molar-refractivity contribution >= 4 is 11.5 Å². The number of hydrogen-bond acceptors (Lipinski definition) is 4. The molecule has 128 valence electrons. The van der Waals surface area contributed by atoms with Gasteiger partial charge in [0.1, 0.15) is 5.75 Å². The lowest BCUT2D eigenvalue weighted by atomic mass is 10.0. The topological polar surface area (TPSA) is 55.6 Å². The maximum Gasteiger partial charge on any atom is 0.179 e. The van der Waals surface area contributed by atoms with Gasteiger partial charge < -0.3 is 10.5 Å². The van der Waals surface area contributed by atoms with Crippen molar-refractivity contribution in [2.75, 3.05) is 18.9 Å². The Hall–Kier alpha value is -2.33. The summed E-state index contributed by atoms with van der Waals surface area (Å²) in [6.07, 6.45) is 0. The molecule has 0 radical (unpaired) electrons. The predicted molar refractivity (Wildman–Crippen MR) is 98.3 cm³/mol. The van der Waals surface area contributed by atoms with E-state index in [1.165, 1.54) is 5.56 Å². The molecule has 0 saturated heterocycles. The molecule has 1 unspecified atom stereocenters. The zero-order valence-corrected chi connectivity index (χ0v) is 14.7. The Bertz CT molecular complexity index is 671. The number of nitrogen functional groups attached to an aromatic ring is 1. The van der Waals surface area contributed by atoms with Crippen LogP contribution >= 0.6 is 0 Å². The molecule has 24 heavy (non-hydrogen) atoms. The third-order valence-corrected chi connectivity index (χ3v) is 4.16. The average Bonchev–Trinajstić information content (AvgIpc) is 2.61. The molecule has 0 bridgehead atoms. The summed E-state index contributed by atoms with van der Waals surface area (Å²) in [6, 6.07) is 15.2. The number of rotatable bonds is 8. The molecule has 4 heteroatoms. The van der Waals surface area contributed by atoms with Gasteiger partial charge in [-0.25, -0.2) is 0 Å². The van der Waals surface area contributed by atoms with Gasteiger partial charge in [0, 0.05) is 12.1 Å². The van der Waals surface area contributed by atoms with E-state index in [0.717, 1.165) is 13.1 Å². The van der Waals surface area contributed by atoms with E-state index in [1.54, 1.807) is 18.2 Å². The van der Waals surface area contributed by atoms with Crippen molar-refractivity contribution in [2.45, 2.75) is 33.4 Å². The number of ketones is 1. The monoisotopic (exact) mass is 326 g/mol. The highest BCUT2D eigenvalue weighted by Gasteiger charge is 2.22. The van der Waals surface area contributed by atoms with Crippen LogP contribution in [0.2, 0.25) is 0 Å². The molecule has 0 aliphatic heterocycles. The van der Waals surface area contributed by atoms with Crippen LogP contribution in [0.25, 0.3) is 0 Å². The van der Waals surface area contributed by atoms with Crippen LogP contribution in [0.4, 0.5) is 5.69 Å². The molecule has 2 rings (SSSR count). The van der Waals surface area contributed by atoms with Crippen LogP contribution in [-0.4, -0.2) is 29.9 Å². The van der Waals surface area contributed by atoms with Gasteiger partial charge in [-0.2, -0.15) is 0 Å². The molecule has 2 aromatic rings. The highest BCUT2D eigenvalue weighted by atomic mass is 16.5. The minimum atomic E-state index is -0.215. The van der Waals surface area contributed by atoms with Crippen LogP contribution in [0.3, 0.4) is 0 Å². The van der Waals surface area contributed by atoms with Gasteiger partial charge in [-0.05, 0) is 44.2 Å². The van der Waals surface area contributed by atoms with Crippen molar-refractivity contribution in [3.63, 3.8) is 0 Å². The van der Waals surface area contributed by atoms with Crippen molar-refractivity contribution in [1.82, 2.24) is 4.90 Å². The second kappa shape index (κ2) is 8.50. The molecule has 0 spiro atoms. The molecule has 4 nitrogen and oxygen atoms in total. The van der Waals surface area contributed by atoms with E-state index in [2.05, 4.69) is 24.0 Å². The molecule has 0 aliphatic rings. The normalized spacial score (nSPS) is 12.2. The third kappa shape index (κ3) is 4.36. The summed E-state index contributed by atoms with van der Waals surface area (Å²) in [5.74, 6) is 0.695. The minimum Gasteiger partial charge on any atom is -0.492 e. The average molecular weight is 326 g/mol. The largest absolute Gasteiger partial charge is 0.492 e. The first-order valence-electron chi connectivity index (χ1n) is 8.41. The molecule has 0 saturated carbocycles. The van der Waals surface area contributed by atoms with Gasteiger partial charge >= 0.3 is 0 Å². The number of carbonyl (C=O) groups excluding carboxylic acids is 1. The summed E-state index contributed by atoms with van der Waals surface area (Å²) in [4.78, 5) is 15.0. The Kier molecular flexibility index (Phi) is 6.38. The van der Waals surface area contributed by atoms with Crippen molar-refractivity contribution in [3.05, 3.63) is 59.7 Å². The molecule has 0 aromatic heterocycles. The first-order chi connectivity index (χ1) is 11.6. The zero-order chi connectivity index (χ0) is 17.5. The number of ether oxygens (including phenoxy) is 1. The van der Waals surface area contributed by atoms with E-state index in [-0.39, 0.29) is 11.8 Å². The van der Waals surface area contributed by atoms with Crippen LogP contribution in [-0.2, 0) is 6.54 Å². The van der Waals surface area contributed by atoms with Crippen LogP contribution < -0.4 is 10.5 Å². The Labute approximate surface area is 144 Å². The highest BCUT2D eigenvalue weighted by molar-refractivity contribution is 6.00. The van der Waals surface area contributed by atoms with Gasteiger partial charge in [0.2, 0.25) is 0 Å². The van der Waals surface area contributed by atoms with Gasteiger partial charge in [0.15, 0.2) is 5.78 Å². The van der Waals surface area contributed by atoms with Gasteiger partial charge in [0.05, 0.1) is 18.3 Å². The molecule has 2 aromatic carbocycles. The van der Waals surface area contributed by atoms with Gasteiger partial charge in [-0.1, -0.05) is 37.3 Å². The summed E-state index contributed by atoms with van der Waals surface area (Å²) in [5.41, 5.74) is 8.31. The van der Waals surface area contributed by atoms with Crippen molar-refractivity contribution < 1.29 is 9.53 Å². The summed E-state index contributed by atoms with van der Waals surface area (Å²) >= 11 is 0. The molecular formula is C20H26N2O2. The highest BCUT2D eigenvalue weighted by Crippen LogP contribution is 2.24. The van der Waals surface area contributed by atoms with E-state index in [1.807, 2.05) is 32.0 Å². The van der Waals surface area contributed by atoms with E-state index in [4.69, 9.17) is 10.5 Å². The predicted octanol–water partition coefficient (Wildman–Crippen LogP) is 3.76. The van der Waals surface area contributed by atoms with Crippen molar-refractivity contribution in [1.29, 1.82) is 0 Å². The number of Topliss-reactive ketones (excluding diaryl/α,β-unsaturated/α-hetero) is 1. The quantitative estimate of drug-likeness (QED) is 0.593. The van der Waals surface area contributed by atoms with Gasteiger partial charge in [-0.15, -0.1) is 0 Å². The Morgan fingerprint density at radius 3 is 2.46 bits per heavy atom. The summed E-state index contributed by atoms with van der Waals surface area (Å²) < 4.78 is 5.43. The number of nitrogens with two attached hydrogens (primary N) is 1. The molecular weight excluding hydrogens is 300 g/mol. The van der Waals surface area contributed by atoms with Crippen molar-refractivity contribution in [2.24, 2.45) is 0 Å². The first kappa shape index (κ1) is 18.0. The van der Waals surface area contributed by atoms with Gasteiger partial charge in [0.25, 0.3) is 0 Å². The lowest BCUT2D eigenvalue weighted by Gasteiger charge is -2.27. The lowest BCUT2D eigenvalue weighted by molar-refractivity contribution is 0.0835. The SMILES string of the molecule is CCOc1ccc(C(=O)C(C)N(CC)Cc2ccccc2)cc1N. The maximum atomic E-state index is 12.8. The Morgan fingerprint density at radius 1 is 1.17 bits per heavy atom. The molecule has 1 atom stereocenters. The van der Waals surface area contributed by atoms with Crippen LogP contribution in [0, 0.1) is 0 Å². The first-order valence-corrected chi connectivity index (χ1v) is 8.41. The molecule has 0 amide bonds. The van der Waals surface area contributed by atoms with Crippen molar-refractivity contribution in [3.8, 4) is 5.75 Å². The number of nitrogens with zero attached hydrogens (tertiary/aromatic N) is 1. The number of anilines is 1. The fourth-order valence-electron chi connectivity index (χ4n) is 2.74. The molecule has 0 fully saturated rings. The molecule has 0 heterocycles. The second-order valence-corrected chi connectivity index (χ2v) is 5.77. The molecule has 0 aliphatic carbocycles. The van der Waals surface area contributed by atoms with E-state index in [0.29, 0.717) is 23.6 Å². The summed E-state index contributed by atoms with van der Waals surface area (Å²) in [6.45, 7) is 8.02. The zero-order valence-electron chi connectivity index (χ0n) is 14.7. The lowest BCUT2D eigenvalue weighted by Crippen LogP contribution is -2.38. The standard InChI is InChI=1S/C20H26N2O2/c1-4-22(14-16-9-7-6-8-10-16)15(3)20(23)17-11-12-19(24-5-2)18(21)13-17/h6-13,15H,4-5,14,21H2,1-3H3. The minimum absolute atomic E-state index is 0.0718. The summed E-state index contributed by atoms with van der Waals surface area (Å²) in [5, 5.41) is 0. The smallest absolute Gasteiger partial charge is 0.179 e. The molecule has 2 N–H and O–H groups in total. The fraction of sp³-hybridized carbons (Fsp3) is 0.350. The van der Waals surface area contributed by atoms with E-state index < -0.39 is 0 Å². The van der Waals surface area contributed by atoms with Crippen LogP contribution in [0.15, 0.2) is 48.5 Å². The Balaban J connectivity index is 2.13. The summed E-state index contributed by atoms with van der Waals surface area (Å²) in [7, 11) is 0. The number of likely N-dealkylation sites (N-methyl/N-ethyl adjacent to an activating group) is 1. The number of hydrogen-bond donors (Lipinski definition) is 1. The number of benzene rings is 2. The third-order valence-electron chi connectivity index (χ3n) is 4.16. The maximum absolute atomic E-state index is 12.8. The van der Waals surface area contributed by atoms with Crippen LogP contribution in [0.5, 0.6) is 5.75 Å².